The van der Waals surface area contributed by atoms with Crippen LogP contribution in [0.3, 0.4) is 0 Å². The van der Waals surface area contributed by atoms with Crippen molar-refractivity contribution in [3.05, 3.63) is 58.5 Å². The lowest BCUT2D eigenvalue weighted by atomic mass is 9.95. The van der Waals surface area contributed by atoms with Gasteiger partial charge in [-0.1, -0.05) is 30.3 Å². The summed E-state index contributed by atoms with van der Waals surface area (Å²) in [6.07, 6.45) is 4.19. The van der Waals surface area contributed by atoms with Crippen molar-refractivity contribution in [2.45, 2.75) is 25.7 Å². The first kappa shape index (κ1) is 17.9. The van der Waals surface area contributed by atoms with Gasteiger partial charge in [-0.05, 0) is 66.4 Å². The highest BCUT2D eigenvalue weighted by Gasteiger charge is 2.26. The molecule has 0 amide bonds. The molecular weight excluding hydrogens is 376 g/mol. The van der Waals surface area contributed by atoms with Crippen molar-refractivity contribution < 1.29 is 9.53 Å². The van der Waals surface area contributed by atoms with Crippen molar-refractivity contribution in [3.8, 4) is 0 Å². The topological polar surface area (TPSA) is 50.4 Å². The van der Waals surface area contributed by atoms with E-state index < -0.39 is 0 Å². The summed E-state index contributed by atoms with van der Waals surface area (Å²) in [6, 6.07) is 14.3. The molecule has 0 saturated heterocycles. The van der Waals surface area contributed by atoms with Crippen LogP contribution in [0, 0.1) is 0 Å². The van der Waals surface area contributed by atoms with Crippen molar-refractivity contribution in [2.75, 3.05) is 17.7 Å². The Labute approximate surface area is 167 Å². The first-order valence-electron chi connectivity index (χ1n) is 8.95. The van der Waals surface area contributed by atoms with Crippen molar-refractivity contribution in [2.24, 2.45) is 0 Å². The van der Waals surface area contributed by atoms with Gasteiger partial charge >= 0.3 is 5.97 Å². The lowest BCUT2D eigenvalue weighted by Crippen LogP contribution is -2.20. The number of esters is 1. The summed E-state index contributed by atoms with van der Waals surface area (Å²) < 4.78 is 5.01. The van der Waals surface area contributed by atoms with Crippen LogP contribution in [-0.2, 0) is 17.6 Å². The minimum absolute atomic E-state index is 0.301. The van der Waals surface area contributed by atoms with Crippen LogP contribution >= 0.6 is 23.6 Å². The third kappa shape index (κ3) is 3.68. The molecule has 0 unspecified atom stereocenters. The van der Waals surface area contributed by atoms with E-state index in [4.69, 9.17) is 17.0 Å². The molecule has 0 spiro atoms. The molecule has 27 heavy (non-hydrogen) atoms. The first-order chi connectivity index (χ1) is 13.2. The number of benzene rings is 2. The molecule has 0 bridgehead atoms. The van der Waals surface area contributed by atoms with E-state index in [1.807, 2.05) is 18.2 Å². The number of carbonyl (C=O) groups excluding carboxylic acids is 1. The number of ether oxygens (including phenoxy) is 1. The van der Waals surface area contributed by atoms with Gasteiger partial charge in [-0.3, -0.25) is 0 Å². The molecule has 1 aliphatic rings. The summed E-state index contributed by atoms with van der Waals surface area (Å²) in [4.78, 5) is 13.6. The molecule has 1 aliphatic carbocycles. The molecule has 0 saturated carbocycles. The average Bonchev–Trinajstić information content (AvgIpc) is 3.04. The first-order valence-corrected chi connectivity index (χ1v) is 10.2. The SMILES string of the molecule is COC(=O)c1c(NC(=S)Nc2ccc3ccccc3c2)sc2c1CCCC2. The van der Waals surface area contributed by atoms with Gasteiger partial charge in [0.05, 0.1) is 12.7 Å². The van der Waals surface area contributed by atoms with E-state index in [2.05, 4.69) is 34.9 Å². The molecule has 4 nitrogen and oxygen atoms in total. The van der Waals surface area contributed by atoms with Crippen LogP contribution in [0.15, 0.2) is 42.5 Å². The van der Waals surface area contributed by atoms with E-state index in [1.165, 1.54) is 17.4 Å². The number of nitrogens with one attached hydrogen (secondary N) is 2. The summed E-state index contributed by atoms with van der Waals surface area (Å²) in [7, 11) is 1.42. The van der Waals surface area contributed by atoms with Gasteiger partial charge in [-0.25, -0.2) is 4.79 Å². The smallest absolute Gasteiger partial charge is 0.341 e. The van der Waals surface area contributed by atoms with E-state index in [0.29, 0.717) is 10.7 Å². The highest BCUT2D eigenvalue weighted by molar-refractivity contribution is 7.80. The summed E-state index contributed by atoms with van der Waals surface area (Å²) >= 11 is 7.10. The molecule has 0 fully saturated rings. The molecule has 0 aliphatic heterocycles. The van der Waals surface area contributed by atoms with Crippen molar-refractivity contribution >= 4 is 56.1 Å². The average molecular weight is 397 g/mol. The van der Waals surface area contributed by atoms with E-state index in [1.54, 1.807) is 11.3 Å². The molecule has 4 rings (SSSR count). The van der Waals surface area contributed by atoms with Crippen LogP contribution in [-0.4, -0.2) is 18.2 Å². The molecular formula is C21H20N2O2S2. The Morgan fingerprint density at radius 2 is 1.85 bits per heavy atom. The predicted octanol–water partition coefficient (Wildman–Crippen LogP) is 5.38. The van der Waals surface area contributed by atoms with Crippen molar-refractivity contribution in [1.29, 1.82) is 0 Å². The number of hydrogen-bond donors (Lipinski definition) is 2. The third-order valence-corrected chi connectivity index (χ3v) is 6.21. The molecule has 1 heterocycles. The summed E-state index contributed by atoms with van der Waals surface area (Å²) in [5, 5.41) is 10.0. The maximum atomic E-state index is 12.3. The zero-order chi connectivity index (χ0) is 18.8. The molecule has 2 aromatic carbocycles. The Hall–Kier alpha value is -2.44. The second-order valence-corrected chi connectivity index (χ2v) is 8.06. The maximum absolute atomic E-state index is 12.3. The number of fused-ring (bicyclic) bond motifs is 2. The Kier molecular flexibility index (Phi) is 5.09. The predicted molar refractivity (Wildman–Crippen MR) is 116 cm³/mol. The zero-order valence-electron chi connectivity index (χ0n) is 15.0. The fraction of sp³-hybridized carbons (Fsp3) is 0.238. The van der Waals surface area contributed by atoms with Gasteiger partial charge in [0, 0.05) is 10.6 Å². The van der Waals surface area contributed by atoms with Crippen LogP contribution in [0.25, 0.3) is 10.8 Å². The van der Waals surface area contributed by atoms with Gasteiger partial charge < -0.3 is 15.4 Å². The summed E-state index contributed by atoms with van der Waals surface area (Å²) in [5.74, 6) is -0.301. The molecule has 138 valence electrons. The normalized spacial score (nSPS) is 13.1. The minimum Gasteiger partial charge on any atom is -0.465 e. The summed E-state index contributed by atoms with van der Waals surface area (Å²) in [5.41, 5.74) is 2.67. The molecule has 0 radical (unpaired) electrons. The van der Waals surface area contributed by atoms with Crippen molar-refractivity contribution in [3.63, 3.8) is 0 Å². The molecule has 6 heteroatoms. The quantitative estimate of drug-likeness (QED) is 0.460. The molecule has 0 atom stereocenters. The number of thiocarbonyl (C=S) groups is 1. The van der Waals surface area contributed by atoms with Crippen molar-refractivity contribution in [1.82, 2.24) is 0 Å². The number of rotatable bonds is 3. The van der Waals surface area contributed by atoms with E-state index in [-0.39, 0.29) is 5.97 Å². The van der Waals surface area contributed by atoms with Gasteiger partial charge in [-0.15, -0.1) is 11.3 Å². The highest BCUT2D eigenvalue weighted by Crippen LogP contribution is 2.38. The van der Waals surface area contributed by atoms with E-state index >= 15 is 0 Å². The monoisotopic (exact) mass is 396 g/mol. The summed E-state index contributed by atoms with van der Waals surface area (Å²) in [6.45, 7) is 0. The standard InChI is InChI=1S/C21H20N2O2S2/c1-25-20(24)18-16-8-4-5-9-17(16)27-19(18)23-21(26)22-15-11-10-13-6-2-3-7-14(13)12-15/h2-3,6-7,10-12H,4-5,8-9H2,1H3,(H2,22,23,26). The minimum atomic E-state index is -0.301. The Morgan fingerprint density at radius 3 is 2.67 bits per heavy atom. The van der Waals surface area contributed by atoms with Gasteiger partial charge in [0.2, 0.25) is 0 Å². The fourth-order valence-corrected chi connectivity index (χ4v) is 5.07. The number of thiophene rings is 1. The maximum Gasteiger partial charge on any atom is 0.341 e. The van der Waals surface area contributed by atoms with Crippen LogP contribution in [0.2, 0.25) is 0 Å². The van der Waals surface area contributed by atoms with Crippen LogP contribution in [0.1, 0.15) is 33.6 Å². The van der Waals surface area contributed by atoms with Crippen LogP contribution in [0.5, 0.6) is 0 Å². The lowest BCUT2D eigenvalue weighted by Gasteiger charge is -2.13. The highest BCUT2D eigenvalue weighted by atomic mass is 32.1. The number of anilines is 2. The lowest BCUT2D eigenvalue weighted by molar-refractivity contribution is 0.0601. The molecule has 1 aromatic heterocycles. The van der Waals surface area contributed by atoms with Gasteiger partial charge in [0.25, 0.3) is 0 Å². The molecule has 3 aromatic rings. The van der Waals surface area contributed by atoms with Crippen LogP contribution < -0.4 is 10.6 Å². The van der Waals surface area contributed by atoms with Crippen LogP contribution in [0.4, 0.5) is 10.7 Å². The Bertz CT molecular complexity index is 1030. The number of hydrogen-bond acceptors (Lipinski definition) is 4. The second kappa shape index (κ2) is 7.66. The fourth-order valence-electron chi connectivity index (χ4n) is 3.50. The second-order valence-electron chi connectivity index (χ2n) is 6.55. The van der Waals surface area contributed by atoms with E-state index in [9.17, 15) is 4.79 Å². The zero-order valence-corrected chi connectivity index (χ0v) is 16.6. The van der Waals surface area contributed by atoms with Gasteiger partial charge in [-0.2, -0.15) is 0 Å². The number of aryl methyl sites for hydroxylation is 1. The number of methoxy groups -OCH3 is 1. The number of carbonyl (C=O) groups is 1. The third-order valence-electron chi connectivity index (χ3n) is 4.80. The van der Waals surface area contributed by atoms with Gasteiger partial charge in [0.1, 0.15) is 5.00 Å². The Morgan fingerprint density at radius 1 is 1.07 bits per heavy atom. The van der Waals surface area contributed by atoms with Gasteiger partial charge in [0.15, 0.2) is 5.11 Å². The Balaban J connectivity index is 1.57. The molecule has 2 N–H and O–H groups in total. The largest absolute Gasteiger partial charge is 0.465 e. The van der Waals surface area contributed by atoms with E-state index in [0.717, 1.165) is 47.3 Å².